The van der Waals surface area contributed by atoms with Gasteiger partial charge in [-0.05, 0) is 50.1 Å². The predicted octanol–water partition coefficient (Wildman–Crippen LogP) is 0.982. The van der Waals surface area contributed by atoms with Crippen LogP contribution in [0.5, 0.6) is 0 Å². The van der Waals surface area contributed by atoms with E-state index in [-0.39, 0.29) is 15.8 Å². The Morgan fingerprint density at radius 3 is 2.23 bits per heavy atom. The SMILES string of the molecule is CS(=O)(=O)c1ccc(S(=O)(=O)N2CCCCC2CCN)cc1. The summed E-state index contributed by atoms with van der Waals surface area (Å²) in [6.45, 7) is 0.935. The highest BCUT2D eigenvalue weighted by molar-refractivity contribution is 7.90. The predicted molar refractivity (Wildman–Crippen MR) is 84.8 cm³/mol. The minimum atomic E-state index is -3.61. The lowest BCUT2D eigenvalue weighted by Crippen LogP contribution is -2.44. The van der Waals surface area contributed by atoms with Gasteiger partial charge in [0.2, 0.25) is 10.0 Å². The zero-order valence-electron chi connectivity index (χ0n) is 12.6. The Hall–Kier alpha value is -0.960. The molecule has 124 valence electrons. The Labute approximate surface area is 132 Å². The summed E-state index contributed by atoms with van der Waals surface area (Å²) in [5.41, 5.74) is 5.58. The molecule has 1 fully saturated rings. The van der Waals surface area contributed by atoms with Gasteiger partial charge in [0.05, 0.1) is 9.79 Å². The zero-order chi connectivity index (χ0) is 16.4. The third kappa shape index (κ3) is 3.68. The van der Waals surface area contributed by atoms with Gasteiger partial charge >= 0.3 is 0 Å². The number of hydrogen-bond acceptors (Lipinski definition) is 5. The molecule has 22 heavy (non-hydrogen) atoms. The Bertz CT molecular complexity index is 710. The highest BCUT2D eigenvalue weighted by Gasteiger charge is 2.33. The van der Waals surface area contributed by atoms with Crippen LogP contribution in [0.1, 0.15) is 25.7 Å². The van der Waals surface area contributed by atoms with Gasteiger partial charge in [-0.1, -0.05) is 6.42 Å². The first-order valence-corrected chi connectivity index (χ1v) is 10.6. The van der Waals surface area contributed by atoms with Crippen molar-refractivity contribution >= 4 is 19.9 Å². The first-order chi connectivity index (χ1) is 10.3. The van der Waals surface area contributed by atoms with Crippen LogP contribution >= 0.6 is 0 Å². The maximum atomic E-state index is 12.8. The largest absolute Gasteiger partial charge is 0.330 e. The number of nitrogens with two attached hydrogens (primary N) is 1. The van der Waals surface area contributed by atoms with Crippen LogP contribution in [0.2, 0.25) is 0 Å². The summed E-state index contributed by atoms with van der Waals surface area (Å²) in [4.78, 5) is 0.243. The second-order valence-corrected chi connectivity index (χ2v) is 9.49. The normalized spacial score (nSPS) is 20.9. The summed E-state index contributed by atoms with van der Waals surface area (Å²) in [5, 5.41) is 0. The molecule has 2 rings (SSSR count). The number of sulfonamides is 1. The van der Waals surface area contributed by atoms with Gasteiger partial charge in [-0.15, -0.1) is 0 Å². The van der Waals surface area contributed by atoms with E-state index >= 15 is 0 Å². The fourth-order valence-electron chi connectivity index (χ4n) is 2.77. The van der Waals surface area contributed by atoms with Crippen molar-refractivity contribution in [3.05, 3.63) is 24.3 Å². The van der Waals surface area contributed by atoms with Crippen LogP contribution in [0.25, 0.3) is 0 Å². The highest BCUT2D eigenvalue weighted by Crippen LogP contribution is 2.27. The van der Waals surface area contributed by atoms with Crippen molar-refractivity contribution in [1.29, 1.82) is 0 Å². The third-order valence-electron chi connectivity index (χ3n) is 3.93. The first-order valence-electron chi connectivity index (χ1n) is 7.29. The molecule has 0 aromatic heterocycles. The van der Waals surface area contributed by atoms with Crippen molar-refractivity contribution in [2.24, 2.45) is 5.73 Å². The van der Waals surface area contributed by atoms with Crippen LogP contribution in [0.15, 0.2) is 34.1 Å². The average molecular weight is 346 g/mol. The van der Waals surface area contributed by atoms with Gasteiger partial charge < -0.3 is 5.73 Å². The number of hydrogen-bond donors (Lipinski definition) is 1. The van der Waals surface area contributed by atoms with Crippen molar-refractivity contribution < 1.29 is 16.8 Å². The van der Waals surface area contributed by atoms with Crippen LogP contribution in [-0.4, -0.2) is 46.5 Å². The quantitative estimate of drug-likeness (QED) is 0.857. The van der Waals surface area contributed by atoms with E-state index in [1.165, 1.54) is 28.6 Å². The topological polar surface area (TPSA) is 97.5 Å². The Morgan fingerprint density at radius 2 is 1.68 bits per heavy atom. The molecule has 0 bridgehead atoms. The summed E-state index contributed by atoms with van der Waals surface area (Å²) in [6, 6.07) is 5.33. The molecule has 1 unspecified atom stereocenters. The first kappa shape index (κ1) is 17.4. The summed E-state index contributed by atoms with van der Waals surface area (Å²) >= 11 is 0. The summed E-state index contributed by atoms with van der Waals surface area (Å²) in [5.74, 6) is 0. The second-order valence-electron chi connectivity index (χ2n) is 5.59. The van der Waals surface area contributed by atoms with Gasteiger partial charge in [-0.25, -0.2) is 16.8 Å². The number of rotatable bonds is 5. The molecule has 0 aliphatic carbocycles. The lowest BCUT2D eigenvalue weighted by molar-refractivity contribution is 0.243. The van der Waals surface area contributed by atoms with Gasteiger partial charge in [0.15, 0.2) is 9.84 Å². The minimum Gasteiger partial charge on any atom is -0.330 e. The van der Waals surface area contributed by atoms with Crippen molar-refractivity contribution in [1.82, 2.24) is 4.31 Å². The third-order valence-corrected chi connectivity index (χ3v) is 7.03. The Kier molecular flexibility index (Phi) is 5.26. The molecule has 1 aromatic rings. The van der Waals surface area contributed by atoms with Gasteiger partial charge in [-0.2, -0.15) is 4.31 Å². The van der Waals surface area contributed by atoms with E-state index in [9.17, 15) is 16.8 Å². The van der Waals surface area contributed by atoms with Gasteiger partial charge in [0, 0.05) is 18.8 Å². The number of sulfone groups is 1. The molecule has 1 heterocycles. The van der Waals surface area contributed by atoms with E-state index in [1.54, 1.807) is 0 Å². The maximum Gasteiger partial charge on any atom is 0.243 e. The van der Waals surface area contributed by atoms with E-state index in [0.29, 0.717) is 19.5 Å². The standard InChI is InChI=1S/C14H22N2O4S2/c1-21(17,18)13-5-7-14(8-6-13)22(19,20)16-11-3-2-4-12(16)9-10-15/h5-8,12H,2-4,9-11,15H2,1H3. The molecule has 1 aliphatic heterocycles. The van der Waals surface area contributed by atoms with Crippen LogP contribution < -0.4 is 5.73 Å². The van der Waals surface area contributed by atoms with E-state index < -0.39 is 19.9 Å². The monoisotopic (exact) mass is 346 g/mol. The van der Waals surface area contributed by atoms with Crippen LogP contribution in [0, 0.1) is 0 Å². The van der Waals surface area contributed by atoms with Crippen LogP contribution in [0.3, 0.4) is 0 Å². The number of nitrogens with zero attached hydrogens (tertiary/aromatic N) is 1. The molecule has 1 atom stereocenters. The number of piperidine rings is 1. The van der Waals surface area contributed by atoms with E-state index in [4.69, 9.17) is 5.73 Å². The van der Waals surface area contributed by atoms with E-state index in [1.807, 2.05) is 0 Å². The molecular weight excluding hydrogens is 324 g/mol. The summed E-state index contributed by atoms with van der Waals surface area (Å²) < 4.78 is 50.0. The Balaban J connectivity index is 2.32. The van der Waals surface area contributed by atoms with Crippen molar-refractivity contribution in [2.45, 2.75) is 41.5 Å². The average Bonchev–Trinajstić information content (AvgIpc) is 2.47. The molecule has 0 saturated carbocycles. The van der Waals surface area contributed by atoms with Crippen molar-refractivity contribution in [3.63, 3.8) is 0 Å². The zero-order valence-corrected chi connectivity index (χ0v) is 14.2. The van der Waals surface area contributed by atoms with E-state index in [0.717, 1.165) is 25.5 Å². The van der Waals surface area contributed by atoms with Gasteiger partial charge in [0.1, 0.15) is 0 Å². The molecule has 0 radical (unpaired) electrons. The van der Waals surface area contributed by atoms with Crippen LogP contribution in [-0.2, 0) is 19.9 Å². The highest BCUT2D eigenvalue weighted by atomic mass is 32.2. The summed E-state index contributed by atoms with van der Waals surface area (Å²) in [6.07, 6.45) is 4.39. The van der Waals surface area contributed by atoms with Crippen LogP contribution in [0.4, 0.5) is 0 Å². The molecule has 1 aromatic carbocycles. The summed E-state index contributed by atoms with van der Waals surface area (Å²) in [7, 11) is -6.95. The Morgan fingerprint density at radius 1 is 1.09 bits per heavy atom. The van der Waals surface area contributed by atoms with Crippen molar-refractivity contribution in [3.8, 4) is 0 Å². The fraction of sp³-hybridized carbons (Fsp3) is 0.571. The van der Waals surface area contributed by atoms with E-state index in [2.05, 4.69) is 0 Å². The molecule has 0 spiro atoms. The number of benzene rings is 1. The second kappa shape index (κ2) is 6.66. The molecule has 2 N–H and O–H groups in total. The molecule has 8 heteroatoms. The molecule has 1 aliphatic rings. The lowest BCUT2D eigenvalue weighted by atomic mass is 10.0. The minimum absolute atomic E-state index is 0.0710. The van der Waals surface area contributed by atoms with Gasteiger partial charge in [0.25, 0.3) is 0 Å². The lowest BCUT2D eigenvalue weighted by Gasteiger charge is -2.34. The smallest absolute Gasteiger partial charge is 0.243 e. The molecule has 0 amide bonds. The van der Waals surface area contributed by atoms with Crippen molar-refractivity contribution in [2.75, 3.05) is 19.3 Å². The fourth-order valence-corrected chi connectivity index (χ4v) is 5.12. The molecule has 1 saturated heterocycles. The van der Waals surface area contributed by atoms with Gasteiger partial charge in [-0.3, -0.25) is 0 Å². The molecule has 6 nitrogen and oxygen atoms in total. The maximum absolute atomic E-state index is 12.8. The molecular formula is C14H22N2O4S2.